The first-order chi connectivity index (χ1) is 3.80. The Morgan fingerprint density at radius 2 is 2.75 bits per heavy atom. The standard InChI is InChI=1S/C4H4N3S/c5-4(8)3-1-6-2-7-3/h1H,(H2,5,8)(H,6,7). The van der Waals surface area contributed by atoms with E-state index in [0.29, 0.717) is 10.7 Å². The van der Waals surface area contributed by atoms with Crippen LogP contribution in [0.3, 0.4) is 0 Å². The summed E-state index contributed by atoms with van der Waals surface area (Å²) in [4.78, 5) is 6.57. The highest BCUT2D eigenvalue weighted by molar-refractivity contribution is 7.80. The van der Waals surface area contributed by atoms with Crippen LogP contribution in [-0.4, -0.2) is 15.0 Å². The lowest BCUT2D eigenvalue weighted by atomic mass is 10.5. The van der Waals surface area contributed by atoms with Crippen molar-refractivity contribution in [3.8, 4) is 0 Å². The van der Waals surface area contributed by atoms with E-state index in [1.165, 1.54) is 0 Å². The first-order valence-electron chi connectivity index (χ1n) is 2.02. The summed E-state index contributed by atoms with van der Waals surface area (Å²) in [6.07, 6.45) is 4.07. The van der Waals surface area contributed by atoms with Gasteiger partial charge in [-0.05, 0) is 0 Å². The Labute approximate surface area is 51.9 Å². The van der Waals surface area contributed by atoms with Crippen molar-refractivity contribution in [2.45, 2.75) is 0 Å². The average molecular weight is 126 g/mol. The van der Waals surface area contributed by atoms with E-state index in [-0.39, 0.29) is 0 Å². The SMILES string of the molecule is NC(=S)c1c[nH][c]n1. The summed E-state index contributed by atoms with van der Waals surface area (Å²) in [6.45, 7) is 0. The Morgan fingerprint density at radius 3 is 3.00 bits per heavy atom. The smallest absolute Gasteiger partial charge is 0.174 e. The van der Waals surface area contributed by atoms with Gasteiger partial charge in [0.25, 0.3) is 0 Å². The molecule has 0 fully saturated rings. The molecule has 0 aliphatic rings. The molecular weight excluding hydrogens is 122 g/mol. The van der Waals surface area contributed by atoms with Crippen molar-refractivity contribution < 1.29 is 0 Å². The average Bonchev–Trinajstić information content (AvgIpc) is 2.12. The number of nitrogens with one attached hydrogen (secondary N) is 1. The van der Waals surface area contributed by atoms with E-state index in [0.717, 1.165) is 0 Å². The lowest BCUT2D eigenvalue weighted by Gasteiger charge is -1.83. The monoisotopic (exact) mass is 126 g/mol. The minimum atomic E-state index is 0.294. The fraction of sp³-hybridized carbons (Fsp3) is 0. The molecule has 1 aromatic rings. The van der Waals surface area contributed by atoms with Gasteiger partial charge in [-0.25, -0.2) is 4.98 Å². The number of nitrogens with two attached hydrogens (primary N) is 1. The van der Waals surface area contributed by atoms with Crippen molar-refractivity contribution in [2.24, 2.45) is 5.73 Å². The third-order valence-corrected chi connectivity index (χ3v) is 0.911. The van der Waals surface area contributed by atoms with Crippen molar-refractivity contribution in [1.82, 2.24) is 9.97 Å². The zero-order valence-electron chi connectivity index (χ0n) is 4.01. The Bertz CT molecular complexity index is 179. The molecule has 1 rings (SSSR count). The Kier molecular flexibility index (Phi) is 1.26. The molecule has 0 aromatic carbocycles. The first-order valence-corrected chi connectivity index (χ1v) is 2.43. The van der Waals surface area contributed by atoms with Gasteiger partial charge < -0.3 is 10.7 Å². The van der Waals surface area contributed by atoms with Gasteiger partial charge in [-0.15, -0.1) is 0 Å². The number of rotatable bonds is 1. The molecular formula is C4H4N3S. The van der Waals surface area contributed by atoms with Crippen LogP contribution in [-0.2, 0) is 0 Å². The molecule has 0 aliphatic heterocycles. The van der Waals surface area contributed by atoms with E-state index < -0.39 is 0 Å². The van der Waals surface area contributed by atoms with Crippen LogP contribution in [0.1, 0.15) is 5.69 Å². The molecule has 0 saturated carbocycles. The maximum absolute atomic E-state index is 5.19. The topological polar surface area (TPSA) is 54.7 Å². The maximum atomic E-state index is 5.19. The largest absolute Gasteiger partial charge is 0.388 e. The molecule has 41 valence electrons. The summed E-state index contributed by atoms with van der Waals surface area (Å²) >= 11 is 4.59. The third-order valence-electron chi connectivity index (χ3n) is 0.702. The third kappa shape index (κ3) is 0.840. The zero-order chi connectivity index (χ0) is 5.98. The lowest BCUT2D eigenvalue weighted by Crippen LogP contribution is -2.09. The zero-order valence-corrected chi connectivity index (χ0v) is 4.83. The molecule has 0 aliphatic carbocycles. The molecule has 0 atom stereocenters. The van der Waals surface area contributed by atoms with E-state index in [2.05, 4.69) is 28.5 Å². The number of hydrogen-bond acceptors (Lipinski definition) is 2. The van der Waals surface area contributed by atoms with Crippen LogP contribution in [0.25, 0.3) is 0 Å². The molecule has 3 N–H and O–H groups in total. The van der Waals surface area contributed by atoms with Gasteiger partial charge in [-0.2, -0.15) is 0 Å². The van der Waals surface area contributed by atoms with Gasteiger partial charge in [-0.3, -0.25) is 0 Å². The summed E-state index contributed by atoms with van der Waals surface area (Å²) in [7, 11) is 0. The number of thiocarbonyl (C=S) groups is 1. The van der Waals surface area contributed by atoms with E-state index in [1.807, 2.05) is 0 Å². The number of H-pyrrole nitrogens is 1. The lowest BCUT2D eigenvalue weighted by molar-refractivity contribution is 1.28. The van der Waals surface area contributed by atoms with Crippen molar-refractivity contribution in [3.63, 3.8) is 0 Å². The summed E-state index contributed by atoms with van der Waals surface area (Å²) in [6, 6.07) is 0. The first kappa shape index (κ1) is 5.24. The van der Waals surface area contributed by atoms with Crippen LogP contribution in [0.5, 0.6) is 0 Å². The summed E-state index contributed by atoms with van der Waals surface area (Å²) < 4.78 is 0. The summed E-state index contributed by atoms with van der Waals surface area (Å²) in [5.74, 6) is 0. The van der Waals surface area contributed by atoms with Gasteiger partial charge >= 0.3 is 0 Å². The van der Waals surface area contributed by atoms with Crippen molar-refractivity contribution in [3.05, 3.63) is 18.2 Å². The Hall–Kier alpha value is -0.900. The Balaban J connectivity index is 2.93. The predicted molar refractivity (Wildman–Crippen MR) is 33.3 cm³/mol. The molecule has 4 heteroatoms. The second-order valence-electron chi connectivity index (χ2n) is 1.26. The quantitative estimate of drug-likeness (QED) is 0.514. The molecule has 0 unspecified atom stereocenters. The predicted octanol–water partition coefficient (Wildman–Crippen LogP) is -0.156. The number of imidazole rings is 1. The summed E-state index contributed by atoms with van der Waals surface area (Å²) in [5.41, 5.74) is 5.77. The molecule has 0 amide bonds. The van der Waals surface area contributed by atoms with E-state index in [1.54, 1.807) is 6.20 Å². The number of hydrogen-bond donors (Lipinski definition) is 2. The summed E-state index contributed by atoms with van der Waals surface area (Å²) in [5, 5.41) is 0. The second kappa shape index (κ2) is 1.92. The van der Waals surface area contributed by atoms with Gasteiger partial charge in [0.15, 0.2) is 6.33 Å². The van der Waals surface area contributed by atoms with Crippen LogP contribution in [0.4, 0.5) is 0 Å². The van der Waals surface area contributed by atoms with Gasteiger partial charge in [-0.1, -0.05) is 12.2 Å². The Morgan fingerprint density at radius 1 is 2.00 bits per heavy atom. The van der Waals surface area contributed by atoms with E-state index in [4.69, 9.17) is 5.73 Å². The fourth-order valence-electron chi connectivity index (χ4n) is 0.352. The van der Waals surface area contributed by atoms with Crippen LogP contribution in [0.15, 0.2) is 6.20 Å². The highest BCUT2D eigenvalue weighted by atomic mass is 32.1. The van der Waals surface area contributed by atoms with Gasteiger partial charge in [0.05, 0.1) is 0 Å². The van der Waals surface area contributed by atoms with Gasteiger partial charge in [0.2, 0.25) is 0 Å². The van der Waals surface area contributed by atoms with Crippen LogP contribution in [0, 0.1) is 6.33 Å². The maximum Gasteiger partial charge on any atom is 0.174 e. The second-order valence-corrected chi connectivity index (χ2v) is 1.70. The molecule has 1 aromatic heterocycles. The van der Waals surface area contributed by atoms with E-state index >= 15 is 0 Å². The molecule has 8 heavy (non-hydrogen) atoms. The minimum Gasteiger partial charge on any atom is -0.388 e. The van der Waals surface area contributed by atoms with Crippen LogP contribution < -0.4 is 5.73 Å². The van der Waals surface area contributed by atoms with Crippen molar-refractivity contribution in [1.29, 1.82) is 0 Å². The minimum absolute atomic E-state index is 0.294. The number of aromatic amines is 1. The van der Waals surface area contributed by atoms with Crippen LogP contribution in [0.2, 0.25) is 0 Å². The highest BCUT2D eigenvalue weighted by Crippen LogP contribution is 1.86. The van der Waals surface area contributed by atoms with E-state index in [9.17, 15) is 0 Å². The van der Waals surface area contributed by atoms with Gasteiger partial charge in [0.1, 0.15) is 10.7 Å². The molecule has 0 spiro atoms. The van der Waals surface area contributed by atoms with Gasteiger partial charge in [0, 0.05) is 6.20 Å². The fourth-order valence-corrected chi connectivity index (χ4v) is 0.456. The van der Waals surface area contributed by atoms with Crippen molar-refractivity contribution in [2.75, 3.05) is 0 Å². The molecule has 0 bridgehead atoms. The number of aromatic nitrogens is 2. The molecule has 1 radical (unpaired) electrons. The van der Waals surface area contributed by atoms with Crippen LogP contribution >= 0.6 is 12.2 Å². The normalized spacial score (nSPS) is 9.00. The highest BCUT2D eigenvalue weighted by Gasteiger charge is 1.93. The molecule has 1 heterocycles. The molecule has 3 nitrogen and oxygen atoms in total. The molecule has 0 saturated heterocycles. The number of nitrogens with zero attached hydrogens (tertiary/aromatic N) is 1. The van der Waals surface area contributed by atoms with Crippen molar-refractivity contribution >= 4 is 17.2 Å².